The summed E-state index contributed by atoms with van der Waals surface area (Å²) in [4.78, 5) is 0. The van der Waals surface area contributed by atoms with Gasteiger partial charge in [0.15, 0.2) is 7.28 Å². The Morgan fingerprint density at radius 2 is 1.19 bits per heavy atom. The van der Waals surface area contributed by atoms with Crippen LogP contribution in [0.25, 0.3) is 83.2 Å². The molecule has 0 saturated carbocycles. The van der Waals surface area contributed by atoms with Crippen LogP contribution >= 0.6 is 0 Å². The van der Waals surface area contributed by atoms with Gasteiger partial charge in [0, 0.05) is 55.4 Å². The molecule has 0 unspecified atom stereocenters. The van der Waals surface area contributed by atoms with Crippen LogP contribution < -0.4 is 16.2 Å². The number of benzene rings is 8. The molecule has 346 valence electrons. The highest BCUT2D eigenvalue weighted by atomic mass is 16.3. The number of hydrogen-bond donors (Lipinski definition) is 1. The van der Waals surface area contributed by atoms with Crippen molar-refractivity contribution in [1.82, 2.24) is 4.57 Å². The van der Waals surface area contributed by atoms with Crippen molar-refractivity contribution in [2.45, 2.75) is 104 Å². The van der Waals surface area contributed by atoms with Crippen molar-refractivity contribution in [3.63, 3.8) is 0 Å². The van der Waals surface area contributed by atoms with Crippen LogP contribution in [0.5, 0.6) is 0 Å². The van der Waals surface area contributed by atoms with Crippen LogP contribution in [0, 0.1) is 0 Å². The molecule has 0 bridgehead atoms. The summed E-state index contributed by atoms with van der Waals surface area (Å²) < 4.78 is 9.65. The SMILES string of the molecule is CC(C)(C)c1ccc(-c2cc(-c3ccccc3Nc3ccc4c(c3)C(C)(C)CCC4(C)C)c3c4c2c2cc(C(C)(C)C)ccc2n4-c2cc4c(-c5ccccc5)c(-c5ccccc5)oc4cc2B3)cc1. The Morgan fingerprint density at radius 1 is 0.543 bits per heavy atom. The Hall–Kier alpha value is -7.04. The molecular formula is C66H63BN2O. The molecule has 3 heterocycles. The number of fused-ring (bicyclic) bond motifs is 7. The topological polar surface area (TPSA) is 30.1 Å². The zero-order valence-electron chi connectivity index (χ0n) is 42.6. The van der Waals surface area contributed by atoms with Crippen LogP contribution in [0.3, 0.4) is 0 Å². The molecule has 1 aliphatic heterocycles. The van der Waals surface area contributed by atoms with E-state index < -0.39 is 0 Å². The van der Waals surface area contributed by atoms with Gasteiger partial charge in [0.1, 0.15) is 11.3 Å². The zero-order chi connectivity index (χ0) is 48.5. The molecule has 3 nitrogen and oxygen atoms in total. The number of rotatable bonds is 6. The minimum absolute atomic E-state index is 0.0361. The van der Waals surface area contributed by atoms with E-state index in [2.05, 4.69) is 243 Å². The van der Waals surface area contributed by atoms with E-state index in [0.29, 0.717) is 0 Å². The second-order valence-electron chi connectivity index (χ2n) is 23.7. The van der Waals surface area contributed by atoms with Gasteiger partial charge in [0.05, 0.1) is 5.52 Å². The van der Waals surface area contributed by atoms with Gasteiger partial charge in [0.25, 0.3) is 0 Å². The van der Waals surface area contributed by atoms with E-state index in [9.17, 15) is 0 Å². The van der Waals surface area contributed by atoms with Crippen LogP contribution in [0.1, 0.15) is 104 Å². The average molecular weight is 911 g/mol. The molecule has 10 aromatic rings. The summed E-state index contributed by atoms with van der Waals surface area (Å²) in [5.41, 5.74) is 23.5. The molecule has 12 rings (SSSR count). The first-order valence-corrected chi connectivity index (χ1v) is 25.4. The number of aromatic nitrogens is 1. The monoisotopic (exact) mass is 911 g/mol. The molecule has 0 atom stereocenters. The lowest BCUT2D eigenvalue weighted by molar-refractivity contribution is 0.332. The van der Waals surface area contributed by atoms with E-state index in [4.69, 9.17) is 4.42 Å². The number of hydrogen-bond acceptors (Lipinski definition) is 2. The van der Waals surface area contributed by atoms with Gasteiger partial charge in [-0.3, -0.25) is 0 Å². The molecule has 8 aromatic carbocycles. The predicted molar refractivity (Wildman–Crippen MR) is 301 cm³/mol. The van der Waals surface area contributed by atoms with Crippen LogP contribution in [0.2, 0.25) is 0 Å². The quantitative estimate of drug-likeness (QED) is 0.169. The number of nitrogens with zero attached hydrogens (tertiary/aromatic N) is 1. The minimum Gasteiger partial charge on any atom is -0.455 e. The van der Waals surface area contributed by atoms with E-state index in [1.165, 1.54) is 95.8 Å². The van der Waals surface area contributed by atoms with Crippen LogP contribution in [0.4, 0.5) is 11.4 Å². The second-order valence-corrected chi connectivity index (χ2v) is 23.7. The zero-order valence-corrected chi connectivity index (χ0v) is 42.6. The number of anilines is 2. The fourth-order valence-corrected chi connectivity index (χ4v) is 11.8. The molecule has 1 N–H and O–H groups in total. The summed E-state index contributed by atoms with van der Waals surface area (Å²) >= 11 is 0. The van der Waals surface area contributed by atoms with Crippen molar-refractivity contribution in [1.29, 1.82) is 0 Å². The maximum atomic E-state index is 7.05. The third-order valence-electron chi connectivity index (χ3n) is 16.0. The summed E-state index contributed by atoms with van der Waals surface area (Å²) in [5, 5.41) is 7.72. The lowest BCUT2D eigenvalue weighted by Crippen LogP contribution is -2.37. The Labute approximate surface area is 414 Å². The third-order valence-corrected chi connectivity index (χ3v) is 16.0. The lowest BCUT2D eigenvalue weighted by Gasteiger charge is -2.42. The summed E-state index contributed by atoms with van der Waals surface area (Å²) in [6, 6.07) is 61.4. The van der Waals surface area contributed by atoms with Crippen LogP contribution in [-0.4, -0.2) is 11.8 Å². The molecule has 0 saturated heterocycles. The lowest BCUT2D eigenvalue weighted by atomic mass is 9.58. The summed E-state index contributed by atoms with van der Waals surface area (Å²) in [7, 11) is 0.751. The van der Waals surface area contributed by atoms with Gasteiger partial charge in [-0.2, -0.15) is 0 Å². The van der Waals surface area contributed by atoms with E-state index >= 15 is 0 Å². The molecule has 70 heavy (non-hydrogen) atoms. The largest absolute Gasteiger partial charge is 0.455 e. The molecule has 2 aromatic heterocycles. The van der Waals surface area contributed by atoms with Gasteiger partial charge < -0.3 is 14.3 Å². The maximum absolute atomic E-state index is 7.05. The van der Waals surface area contributed by atoms with Crippen molar-refractivity contribution in [3.05, 3.63) is 186 Å². The molecular weight excluding hydrogens is 848 g/mol. The van der Waals surface area contributed by atoms with Crippen molar-refractivity contribution in [3.8, 4) is 50.4 Å². The van der Waals surface area contributed by atoms with Crippen molar-refractivity contribution >= 4 is 62.4 Å². The Balaban J connectivity index is 1.16. The first-order chi connectivity index (χ1) is 33.4. The molecule has 0 amide bonds. The fraction of sp³-hybridized carbons (Fsp3) is 0.242. The Kier molecular flexibility index (Phi) is 9.94. The standard InChI is InChI=1S/C66H63BN2O/c1-63(2,3)43-27-25-40(26-28-43)47-37-48(46-23-17-18-24-54(46)68-45-30-31-51-52(36-45)66(9,10)34-33-65(51,7)8)60-61-59(47)49-35-44(64(4,5)6)29-32-55(49)69(61)56-38-50-57(39-53(56)67-60)70-62(42-21-15-12-16-22-42)58(50)41-19-13-11-14-20-41/h11-32,35-39,67-68H,33-34H2,1-10H3. The fourth-order valence-electron chi connectivity index (χ4n) is 11.8. The van der Waals surface area contributed by atoms with Crippen molar-refractivity contribution in [2.24, 2.45) is 0 Å². The summed E-state index contributed by atoms with van der Waals surface area (Å²) in [6.07, 6.45) is 2.37. The van der Waals surface area contributed by atoms with E-state index in [0.717, 1.165) is 52.1 Å². The Bertz CT molecular complexity index is 3700. The molecule has 4 heteroatoms. The Morgan fingerprint density at radius 3 is 1.89 bits per heavy atom. The second kappa shape index (κ2) is 15.7. The maximum Gasteiger partial charge on any atom is 0.198 e. The van der Waals surface area contributed by atoms with Crippen molar-refractivity contribution in [2.75, 3.05) is 5.32 Å². The minimum atomic E-state index is -0.0361. The van der Waals surface area contributed by atoms with Gasteiger partial charge >= 0.3 is 0 Å². The van der Waals surface area contributed by atoms with Crippen LogP contribution in [0.15, 0.2) is 168 Å². The number of nitrogens with one attached hydrogen (secondary N) is 1. The van der Waals surface area contributed by atoms with Gasteiger partial charge in [0.2, 0.25) is 0 Å². The molecule has 0 spiro atoms. The first-order valence-electron chi connectivity index (χ1n) is 25.4. The van der Waals surface area contributed by atoms with E-state index in [1.807, 2.05) is 0 Å². The highest BCUT2D eigenvalue weighted by Crippen LogP contribution is 2.49. The smallest absolute Gasteiger partial charge is 0.198 e. The highest BCUT2D eigenvalue weighted by Gasteiger charge is 2.37. The molecule has 2 aliphatic rings. The third kappa shape index (κ3) is 7.16. The predicted octanol–water partition coefficient (Wildman–Crippen LogP) is 16.6. The van der Waals surface area contributed by atoms with Crippen molar-refractivity contribution < 1.29 is 4.42 Å². The molecule has 0 radical (unpaired) electrons. The first kappa shape index (κ1) is 44.2. The molecule has 0 fully saturated rings. The number of furan rings is 1. The number of para-hydroxylation sites is 1. The van der Waals surface area contributed by atoms with E-state index in [1.54, 1.807) is 0 Å². The van der Waals surface area contributed by atoms with Gasteiger partial charge in [-0.05, 0) is 133 Å². The highest BCUT2D eigenvalue weighted by molar-refractivity contribution is 6.74. The van der Waals surface area contributed by atoms with Gasteiger partial charge in [-0.15, -0.1) is 0 Å². The average Bonchev–Trinajstić information content (AvgIpc) is 3.89. The van der Waals surface area contributed by atoms with Gasteiger partial charge in [-0.1, -0.05) is 190 Å². The van der Waals surface area contributed by atoms with Crippen LogP contribution in [-0.2, 0) is 21.7 Å². The summed E-state index contributed by atoms with van der Waals surface area (Å²) in [6.45, 7) is 23.5. The molecule has 1 aliphatic carbocycles. The van der Waals surface area contributed by atoms with E-state index in [-0.39, 0.29) is 21.7 Å². The normalized spacial score (nSPS) is 14.9. The summed E-state index contributed by atoms with van der Waals surface area (Å²) in [5.74, 6) is 0.898. The van der Waals surface area contributed by atoms with Gasteiger partial charge in [-0.25, -0.2) is 0 Å².